The second-order valence-corrected chi connectivity index (χ2v) is 4.07. The van der Waals surface area contributed by atoms with Gasteiger partial charge in [0.1, 0.15) is 6.61 Å². The van der Waals surface area contributed by atoms with Gasteiger partial charge in [0, 0.05) is 12.6 Å². The van der Waals surface area contributed by atoms with Crippen molar-refractivity contribution in [3.8, 4) is 0 Å². The van der Waals surface area contributed by atoms with Crippen LogP contribution in [0.3, 0.4) is 0 Å². The average molecular weight is 202 g/mol. The number of amides is 1. The van der Waals surface area contributed by atoms with Crippen molar-refractivity contribution in [3.05, 3.63) is 0 Å². The first kappa shape index (κ1) is 13.4. The summed E-state index contributed by atoms with van der Waals surface area (Å²) in [7, 11) is 0. The fraction of sp³-hybridized carbons (Fsp3) is 0.900. The van der Waals surface area contributed by atoms with E-state index in [1.165, 1.54) is 0 Å². The molecule has 0 heterocycles. The van der Waals surface area contributed by atoms with Crippen molar-refractivity contribution in [1.82, 2.24) is 5.32 Å². The Morgan fingerprint density at radius 2 is 1.93 bits per heavy atom. The lowest BCUT2D eigenvalue weighted by Crippen LogP contribution is -2.41. The van der Waals surface area contributed by atoms with Gasteiger partial charge >= 0.3 is 0 Å². The third-order valence-corrected chi connectivity index (χ3v) is 1.94. The van der Waals surface area contributed by atoms with E-state index in [1.807, 2.05) is 27.7 Å². The molecule has 1 amide bonds. The third kappa shape index (κ3) is 6.86. The van der Waals surface area contributed by atoms with E-state index >= 15 is 0 Å². The molecule has 84 valence electrons. The Balaban J connectivity index is 3.54. The molecule has 0 spiro atoms. The van der Waals surface area contributed by atoms with Crippen LogP contribution in [0.15, 0.2) is 0 Å². The highest BCUT2D eigenvalue weighted by Gasteiger charge is 2.09. The van der Waals surface area contributed by atoms with Gasteiger partial charge in [-0.15, -0.1) is 0 Å². The second-order valence-electron chi connectivity index (χ2n) is 4.07. The molecule has 4 nitrogen and oxygen atoms in total. The first-order valence-corrected chi connectivity index (χ1v) is 5.07. The minimum atomic E-state index is -0.102. The van der Waals surface area contributed by atoms with Crippen molar-refractivity contribution in [3.63, 3.8) is 0 Å². The second kappa shape index (κ2) is 6.79. The van der Waals surface area contributed by atoms with Crippen molar-refractivity contribution in [2.75, 3.05) is 13.2 Å². The molecule has 0 aliphatic rings. The zero-order valence-corrected chi connectivity index (χ0v) is 9.54. The summed E-state index contributed by atoms with van der Waals surface area (Å²) < 4.78 is 5.14. The van der Waals surface area contributed by atoms with Gasteiger partial charge in [-0.1, -0.05) is 13.8 Å². The molecule has 3 N–H and O–H groups in total. The molecular formula is C10H22N2O2. The van der Waals surface area contributed by atoms with Crippen LogP contribution in [0.25, 0.3) is 0 Å². The standard InChI is InChI=1S/C10H22N2O2/c1-7(2)9(11)5-12-10(13)6-14-8(3)4/h7-9H,5-6,11H2,1-4H3,(H,12,13). The summed E-state index contributed by atoms with van der Waals surface area (Å²) in [5.41, 5.74) is 5.77. The first-order valence-electron chi connectivity index (χ1n) is 5.07. The highest BCUT2D eigenvalue weighted by molar-refractivity contribution is 5.77. The zero-order valence-electron chi connectivity index (χ0n) is 9.54. The smallest absolute Gasteiger partial charge is 0.246 e. The van der Waals surface area contributed by atoms with E-state index in [1.54, 1.807) is 0 Å². The lowest BCUT2D eigenvalue weighted by atomic mass is 10.1. The SMILES string of the molecule is CC(C)OCC(=O)NCC(N)C(C)C. The largest absolute Gasteiger partial charge is 0.369 e. The molecule has 0 radical (unpaired) electrons. The number of ether oxygens (including phenoxy) is 1. The monoisotopic (exact) mass is 202 g/mol. The van der Waals surface area contributed by atoms with Gasteiger partial charge in [0.2, 0.25) is 5.91 Å². The molecule has 4 heteroatoms. The maximum absolute atomic E-state index is 11.2. The minimum absolute atomic E-state index is 0.0120. The molecule has 0 aromatic carbocycles. The lowest BCUT2D eigenvalue weighted by Gasteiger charge is -2.16. The molecule has 14 heavy (non-hydrogen) atoms. The Morgan fingerprint density at radius 3 is 2.36 bits per heavy atom. The molecule has 0 saturated heterocycles. The molecule has 0 aliphatic carbocycles. The van der Waals surface area contributed by atoms with Crippen LogP contribution in [0.5, 0.6) is 0 Å². The number of carbonyl (C=O) groups is 1. The molecular weight excluding hydrogens is 180 g/mol. The van der Waals surface area contributed by atoms with Gasteiger partial charge in [-0.2, -0.15) is 0 Å². The maximum atomic E-state index is 11.2. The van der Waals surface area contributed by atoms with E-state index in [0.29, 0.717) is 12.5 Å². The summed E-state index contributed by atoms with van der Waals surface area (Å²) in [6.45, 7) is 8.48. The minimum Gasteiger partial charge on any atom is -0.369 e. The summed E-state index contributed by atoms with van der Waals surface area (Å²) >= 11 is 0. The van der Waals surface area contributed by atoms with Crippen molar-refractivity contribution >= 4 is 5.91 Å². The van der Waals surface area contributed by atoms with Crippen molar-refractivity contribution in [2.45, 2.75) is 39.8 Å². The number of hydrogen-bond acceptors (Lipinski definition) is 3. The van der Waals surface area contributed by atoms with Crippen LogP contribution >= 0.6 is 0 Å². The average Bonchev–Trinajstić information content (AvgIpc) is 2.10. The fourth-order valence-electron chi connectivity index (χ4n) is 0.761. The Hall–Kier alpha value is -0.610. The van der Waals surface area contributed by atoms with Crippen molar-refractivity contribution in [2.24, 2.45) is 11.7 Å². The van der Waals surface area contributed by atoms with E-state index in [4.69, 9.17) is 10.5 Å². The summed E-state index contributed by atoms with van der Waals surface area (Å²) in [5, 5.41) is 2.73. The van der Waals surface area contributed by atoms with Crippen LogP contribution in [0, 0.1) is 5.92 Å². The molecule has 0 fully saturated rings. The van der Waals surface area contributed by atoms with Crippen molar-refractivity contribution < 1.29 is 9.53 Å². The van der Waals surface area contributed by atoms with Gasteiger partial charge < -0.3 is 15.8 Å². The van der Waals surface area contributed by atoms with Crippen LogP contribution < -0.4 is 11.1 Å². The number of rotatable bonds is 6. The van der Waals surface area contributed by atoms with Gasteiger partial charge in [-0.3, -0.25) is 4.79 Å². The zero-order chi connectivity index (χ0) is 11.1. The van der Waals surface area contributed by atoms with Gasteiger partial charge in [0.05, 0.1) is 6.10 Å². The molecule has 0 rings (SSSR count). The molecule has 0 aliphatic heterocycles. The molecule has 0 aromatic rings. The van der Waals surface area contributed by atoms with Crippen LogP contribution in [0.2, 0.25) is 0 Å². The van der Waals surface area contributed by atoms with Gasteiger partial charge in [0.25, 0.3) is 0 Å². The molecule has 0 aromatic heterocycles. The number of carbonyl (C=O) groups excluding carboxylic acids is 1. The number of hydrogen-bond donors (Lipinski definition) is 2. The molecule has 0 saturated carbocycles. The van der Waals surface area contributed by atoms with Gasteiger partial charge in [0.15, 0.2) is 0 Å². The Bertz CT molecular complexity index is 170. The highest BCUT2D eigenvalue weighted by atomic mass is 16.5. The van der Waals surface area contributed by atoms with Crippen LogP contribution in [0.1, 0.15) is 27.7 Å². The van der Waals surface area contributed by atoms with Crippen LogP contribution in [-0.4, -0.2) is 31.2 Å². The summed E-state index contributed by atoms with van der Waals surface area (Å²) in [5.74, 6) is 0.274. The van der Waals surface area contributed by atoms with Crippen LogP contribution in [0.4, 0.5) is 0 Å². The molecule has 0 bridgehead atoms. The Morgan fingerprint density at radius 1 is 1.36 bits per heavy atom. The quantitative estimate of drug-likeness (QED) is 0.659. The Labute approximate surface area is 86.2 Å². The van der Waals surface area contributed by atoms with Gasteiger partial charge in [-0.25, -0.2) is 0 Å². The summed E-state index contributed by atoms with van der Waals surface area (Å²) in [4.78, 5) is 11.2. The fourth-order valence-corrected chi connectivity index (χ4v) is 0.761. The Kier molecular flexibility index (Phi) is 6.49. The highest BCUT2D eigenvalue weighted by Crippen LogP contribution is 1.95. The van der Waals surface area contributed by atoms with E-state index in [2.05, 4.69) is 5.32 Å². The van der Waals surface area contributed by atoms with E-state index in [9.17, 15) is 4.79 Å². The predicted octanol–water partition coefficient (Wildman–Crippen LogP) is 0.511. The summed E-state index contributed by atoms with van der Waals surface area (Å²) in [6, 6.07) is 0.0120. The normalized spacial score (nSPS) is 13.4. The maximum Gasteiger partial charge on any atom is 0.246 e. The van der Waals surface area contributed by atoms with E-state index in [0.717, 1.165) is 0 Å². The molecule has 1 atom stereocenters. The lowest BCUT2D eigenvalue weighted by molar-refractivity contribution is -0.127. The van der Waals surface area contributed by atoms with Gasteiger partial charge in [-0.05, 0) is 19.8 Å². The first-order chi connectivity index (χ1) is 6.43. The van der Waals surface area contributed by atoms with E-state index < -0.39 is 0 Å². The number of nitrogens with two attached hydrogens (primary N) is 1. The topological polar surface area (TPSA) is 64.3 Å². The van der Waals surface area contributed by atoms with E-state index in [-0.39, 0.29) is 24.7 Å². The van der Waals surface area contributed by atoms with Crippen LogP contribution in [-0.2, 0) is 9.53 Å². The predicted molar refractivity (Wildman–Crippen MR) is 56.9 cm³/mol. The third-order valence-electron chi connectivity index (χ3n) is 1.94. The number of nitrogens with one attached hydrogen (secondary N) is 1. The summed E-state index contributed by atoms with van der Waals surface area (Å²) in [6.07, 6.45) is 0.0829. The van der Waals surface area contributed by atoms with Crippen molar-refractivity contribution in [1.29, 1.82) is 0 Å². The molecule has 1 unspecified atom stereocenters.